The lowest BCUT2D eigenvalue weighted by molar-refractivity contribution is 0.0993. The van der Waals surface area contributed by atoms with E-state index in [1.165, 1.54) is 6.20 Å². The zero-order valence-corrected chi connectivity index (χ0v) is 9.19. The normalized spacial score (nSPS) is 10.1. The van der Waals surface area contributed by atoms with Crippen LogP contribution in [0.3, 0.4) is 0 Å². The molecule has 0 bridgehead atoms. The maximum Gasteiger partial charge on any atom is 0.168 e. The summed E-state index contributed by atoms with van der Waals surface area (Å²) >= 11 is 5.89. The number of hydrogen-bond donors (Lipinski definition) is 0. The van der Waals surface area contributed by atoms with Crippen molar-refractivity contribution in [1.29, 1.82) is 0 Å². The second-order valence-electron chi connectivity index (χ2n) is 3.31. The van der Waals surface area contributed by atoms with Gasteiger partial charge in [0.25, 0.3) is 0 Å². The molecule has 0 aromatic carbocycles. The molecule has 0 aliphatic rings. The van der Waals surface area contributed by atoms with Crippen molar-refractivity contribution in [2.24, 2.45) is 0 Å². The second-order valence-corrected chi connectivity index (χ2v) is 3.72. The lowest BCUT2D eigenvalue weighted by Crippen LogP contribution is -2.04. The van der Waals surface area contributed by atoms with E-state index in [-0.39, 0.29) is 5.78 Å². The third-order valence-electron chi connectivity index (χ3n) is 2.19. The van der Waals surface area contributed by atoms with Crippen molar-refractivity contribution < 1.29 is 4.79 Å². The fraction of sp³-hybridized carbons (Fsp3) is 0.0833. The first-order valence-electron chi connectivity index (χ1n) is 4.79. The van der Waals surface area contributed by atoms with Crippen LogP contribution in [0.15, 0.2) is 43.0 Å². The summed E-state index contributed by atoms with van der Waals surface area (Å²) in [5.74, 6) is -0.0152. The number of rotatable bonds is 3. The number of carbonyl (C=O) groups excluding carboxylic acids is 1. The van der Waals surface area contributed by atoms with Gasteiger partial charge in [0.15, 0.2) is 5.78 Å². The lowest BCUT2D eigenvalue weighted by Gasteiger charge is -2.02. The zero-order chi connectivity index (χ0) is 11.4. The largest absolute Gasteiger partial charge is 0.294 e. The van der Waals surface area contributed by atoms with E-state index in [1.807, 2.05) is 12.1 Å². The van der Waals surface area contributed by atoms with Gasteiger partial charge in [-0.05, 0) is 23.8 Å². The van der Waals surface area contributed by atoms with E-state index in [2.05, 4.69) is 9.97 Å². The Balaban J connectivity index is 2.19. The van der Waals surface area contributed by atoms with Gasteiger partial charge in [-0.25, -0.2) is 0 Å². The van der Waals surface area contributed by atoms with Gasteiger partial charge in [0.2, 0.25) is 0 Å². The Hall–Kier alpha value is -1.74. The topological polar surface area (TPSA) is 42.9 Å². The van der Waals surface area contributed by atoms with Crippen LogP contribution in [0.25, 0.3) is 0 Å². The molecule has 0 aliphatic heterocycles. The molecule has 2 heterocycles. The molecule has 0 atom stereocenters. The van der Waals surface area contributed by atoms with Crippen LogP contribution in [0.1, 0.15) is 15.9 Å². The molecule has 2 aromatic rings. The molecular weight excluding hydrogens is 224 g/mol. The summed E-state index contributed by atoms with van der Waals surface area (Å²) in [6.45, 7) is 0. The third kappa shape index (κ3) is 2.44. The van der Waals surface area contributed by atoms with Crippen LogP contribution in [0.4, 0.5) is 0 Å². The summed E-state index contributed by atoms with van der Waals surface area (Å²) in [4.78, 5) is 19.6. The summed E-state index contributed by atoms with van der Waals surface area (Å²) in [6, 6.07) is 5.26. The van der Waals surface area contributed by atoms with Gasteiger partial charge in [0.1, 0.15) is 0 Å². The highest BCUT2D eigenvalue weighted by Crippen LogP contribution is 2.15. The van der Waals surface area contributed by atoms with E-state index in [9.17, 15) is 4.79 Å². The Morgan fingerprint density at radius 2 is 1.81 bits per heavy atom. The molecule has 0 aliphatic carbocycles. The molecule has 0 saturated carbocycles. The zero-order valence-electron chi connectivity index (χ0n) is 8.43. The number of Topliss-reactive ketones (excluding diaryl/α,β-unsaturated/α-hetero) is 1. The van der Waals surface area contributed by atoms with Crippen LogP contribution in [0.2, 0.25) is 5.02 Å². The average Bonchev–Trinajstić information content (AvgIpc) is 2.31. The molecule has 0 radical (unpaired) electrons. The highest BCUT2D eigenvalue weighted by atomic mass is 35.5. The first-order chi connectivity index (χ1) is 7.77. The van der Waals surface area contributed by atoms with Crippen molar-refractivity contribution in [2.75, 3.05) is 0 Å². The summed E-state index contributed by atoms with van der Waals surface area (Å²) < 4.78 is 0. The van der Waals surface area contributed by atoms with Crippen LogP contribution in [0.5, 0.6) is 0 Å². The predicted molar refractivity (Wildman–Crippen MR) is 61.5 cm³/mol. The smallest absolute Gasteiger partial charge is 0.168 e. The Bertz CT molecular complexity index is 499. The number of aromatic nitrogens is 2. The third-order valence-corrected chi connectivity index (χ3v) is 2.49. The van der Waals surface area contributed by atoms with Crippen LogP contribution in [-0.2, 0) is 6.42 Å². The standard InChI is InChI=1S/C12H9ClN2O/c13-11-8-15-6-3-10(11)12(16)7-9-1-4-14-5-2-9/h1-6,8H,7H2. The molecule has 2 aromatic heterocycles. The van der Waals surface area contributed by atoms with E-state index in [0.717, 1.165) is 5.56 Å². The Labute approximate surface area is 98.1 Å². The van der Waals surface area contributed by atoms with Gasteiger partial charge in [-0.3, -0.25) is 14.8 Å². The second kappa shape index (κ2) is 4.86. The number of pyridine rings is 2. The van der Waals surface area contributed by atoms with Gasteiger partial charge >= 0.3 is 0 Å². The quantitative estimate of drug-likeness (QED) is 0.764. The van der Waals surface area contributed by atoms with E-state index >= 15 is 0 Å². The average molecular weight is 233 g/mol. The number of ketones is 1. The van der Waals surface area contributed by atoms with Gasteiger partial charge in [-0.2, -0.15) is 0 Å². The first kappa shape index (κ1) is 10.8. The maximum absolute atomic E-state index is 11.9. The minimum atomic E-state index is -0.0152. The van der Waals surface area contributed by atoms with Crippen LogP contribution >= 0.6 is 11.6 Å². The number of nitrogens with zero attached hydrogens (tertiary/aromatic N) is 2. The van der Waals surface area contributed by atoms with E-state index in [1.54, 1.807) is 24.7 Å². The van der Waals surface area contributed by atoms with Gasteiger partial charge in [0.05, 0.1) is 5.02 Å². The fourth-order valence-electron chi connectivity index (χ4n) is 1.38. The fourth-order valence-corrected chi connectivity index (χ4v) is 1.61. The van der Waals surface area contributed by atoms with Crippen LogP contribution in [-0.4, -0.2) is 15.8 Å². The molecule has 0 saturated heterocycles. The summed E-state index contributed by atoms with van der Waals surface area (Å²) in [7, 11) is 0. The minimum Gasteiger partial charge on any atom is -0.294 e. The molecule has 0 N–H and O–H groups in total. The van der Waals surface area contributed by atoms with Crippen molar-refractivity contribution >= 4 is 17.4 Å². The molecule has 4 heteroatoms. The van der Waals surface area contributed by atoms with E-state index in [0.29, 0.717) is 17.0 Å². The monoisotopic (exact) mass is 232 g/mol. The Kier molecular flexibility index (Phi) is 3.27. The number of halogens is 1. The number of hydrogen-bond acceptors (Lipinski definition) is 3. The first-order valence-corrected chi connectivity index (χ1v) is 5.17. The van der Waals surface area contributed by atoms with Gasteiger partial charge in [-0.15, -0.1) is 0 Å². The lowest BCUT2D eigenvalue weighted by atomic mass is 10.1. The molecule has 0 fully saturated rings. The summed E-state index contributed by atoms with van der Waals surface area (Å²) in [6.07, 6.45) is 6.69. The molecule has 16 heavy (non-hydrogen) atoms. The van der Waals surface area contributed by atoms with Crippen molar-refractivity contribution in [3.05, 3.63) is 59.1 Å². The van der Waals surface area contributed by atoms with Crippen molar-refractivity contribution in [3.8, 4) is 0 Å². The SMILES string of the molecule is O=C(Cc1ccncc1)c1ccncc1Cl. The maximum atomic E-state index is 11.9. The van der Waals surface area contributed by atoms with Crippen molar-refractivity contribution in [1.82, 2.24) is 9.97 Å². The minimum absolute atomic E-state index is 0.0152. The van der Waals surface area contributed by atoms with Crippen molar-refractivity contribution in [2.45, 2.75) is 6.42 Å². The highest BCUT2D eigenvalue weighted by Gasteiger charge is 2.10. The molecule has 0 unspecified atom stereocenters. The molecule has 3 nitrogen and oxygen atoms in total. The van der Waals surface area contributed by atoms with Crippen LogP contribution in [0, 0.1) is 0 Å². The Morgan fingerprint density at radius 1 is 1.12 bits per heavy atom. The van der Waals surface area contributed by atoms with Gasteiger partial charge in [-0.1, -0.05) is 11.6 Å². The predicted octanol–water partition coefficient (Wildman–Crippen LogP) is 2.56. The van der Waals surface area contributed by atoms with Gasteiger partial charge < -0.3 is 0 Å². The van der Waals surface area contributed by atoms with E-state index < -0.39 is 0 Å². The molecule has 80 valence electrons. The Morgan fingerprint density at radius 3 is 2.50 bits per heavy atom. The van der Waals surface area contributed by atoms with E-state index in [4.69, 9.17) is 11.6 Å². The molecule has 0 amide bonds. The van der Waals surface area contributed by atoms with Gasteiger partial charge in [0, 0.05) is 36.8 Å². The molecular formula is C12H9ClN2O. The number of carbonyl (C=O) groups is 1. The highest BCUT2D eigenvalue weighted by molar-refractivity contribution is 6.33. The molecule has 0 spiro atoms. The summed E-state index contributed by atoms with van der Waals surface area (Å²) in [5, 5.41) is 0.390. The van der Waals surface area contributed by atoms with Crippen LogP contribution < -0.4 is 0 Å². The summed E-state index contributed by atoms with van der Waals surface area (Å²) in [5.41, 5.74) is 1.43. The van der Waals surface area contributed by atoms with Crippen molar-refractivity contribution in [3.63, 3.8) is 0 Å². The molecule has 2 rings (SSSR count).